The molecule has 96 valence electrons. The number of fused-ring (bicyclic) bond motifs is 1. The fraction of sp³-hybridized carbons (Fsp3) is 0.429. The van der Waals surface area contributed by atoms with Gasteiger partial charge in [-0.05, 0) is 31.4 Å². The van der Waals surface area contributed by atoms with Crippen LogP contribution in [0, 0.1) is 0 Å². The van der Waals surface area contributed by atoms with Crippen molar-refractivity contribution in [3.05, 3.63) is 33.5 Å². The van der Waals surface area contributed by atoms with E-state index in [1.165, 1.54) is 18.4 Å². The molecule has 0 aliphatic heterocycles. The molecule has 1 saturated carbocycles. The van der Waals surface area contributed by atoms with Crippen molar-refractivity contribution in [3.8, 4) is 0 Å². The highest BCUT2D eigenvalue weighted by Crippen LogP contribution is 2.36. The highest BCUT2D eigenvalue weighted by Gasteiger charge is 2.23. The zero-order valence-electron chi connectivity index (χ0n) is 10.2. The van der Waals surface area contributed by atoms with Gasteiger partial charge in [-0.1, -0.05) is 30.1 Å². The number of nitrogens with one attached hydrogen (secondary N) is 1. The maximum atomic E-state index is 6.26. The number of hydrogen-bond donors (Lipinski definition) is 1. The Bertz CT molecular complexity index is 587. The van der Waals surface area contributed by atoms with Crippen LogP contribution in [0.5, 0.6) is 0 Å². The van der Waals surface area contributed by atoms with Crippen LogP contribution in [0.4, 0.5) is 0 Å². The van der Waals surface area contributed by atoms with Crippen molar-refractivity contribution in [2.24, 2.45) is 0 Å². The predicted octanol–water partition coefficient (Wildman–Crippen LogP) is 4.55. The Hall–Kier alpha value is -0.700. The standard InChI is InChI=1S/C14H15Cl2NO/c1-2-9-12(7-17-8-3-4-8)18-14-11(16)6-5-10(15)13(9)14/h5-6,8,17H,2-4,7H2,1H3. The topological polar surface area (TPSA) is 25.2 Å². The second-order valence-corrected chi connectivity index (χ2v) is 5.56. The Morgan fingerprint density at radius 2 is 2.00 bits per heavy atom. The van der Waals surface area contributed by atoms with Gasteiger partial charge in [0.25, 0.3) is 0 Å². The van der Waals surface area contributed by atoms with Crippen LogP contribution in [0.2, 0.25) is 10.0 Å². The van der Waals surface area contributed by atoms with Gasteiger partial charge in [0.1, 0.15) is 5.76 Å². The van der Waals surface area contributed by atoms with Crippen molar-refractivity contribution in [2.75, 3.05) is 0 Å². The summed E-state index contributed by atoms with van der Waals surface area (Å²) in [6.45, 7) is 2.87. The highest BCUT2D eigenvalue weighted by molar-refractivity contribution is 6.40. The molecule has 1 aliphatic carbocycles. The minimum atomic E-state index is 0.627. The summed E-state index contributed by atoms with van der Waals surface area (Å²) in [7, 11) is 0. The van der Waals surface area contributed by atoms with Crippen molar-refractivity contribution in [1.29, 1.82) is 0 Å². The molecule has 18 heavy (non-hydrogen) atoms. The number of furan rings is 1. The van der Waals surface area contributed by atoms with Gasteiger partial charge in [0.15, 0.2) is 5.58 Å². The Kier molecular flexibility index (Phi) is 3.27. The predicted molar refractivity (Wildman–Crippen MR) is 75.5 cm³/mol. The van der Waals surface area contributed by atoms with E-state index < -0.39 is 0 Å². The third-order valence-electron chi connectivity index (χ3n) is 3.40. The number of aryl methyl sites for hydroxylation is 1. The van der Waals surface area contributed by atoms with Crippen molar-refractivity contribution < 1.29 is 4.42 Å². The number of halogens is 2. The van der Waals surface area contributed by atoms with Crippen LogP contribution >= 0.6 is 23.2 Å². The maximum Gasteiger partial charge on any atom is 0.154 e. The van der Waals surface area contributed by atoms with Gasteiger partial charge in [-0.15, -0.1) is 0 Å². The van der Waals surface area contributed by atoms with Crippen molar-refractivity contribution in [3.63, 3.8) is 0 Å². The molecule has 0 unspecified atom stereocenters. The summed E-state index contributed by atoms with van der Waals surface area (Å²) in [6.07, 6.45) is 3.43. The fourth-order valence-corrected chi connectivity index (χ4v) is 2.74. The van der Waals surface area contributed by atoms with E-state index in [0.717, 1.165) is 24.1 Å². The van der Waals surface area contributed by atoms with E-state index in [1.54, 1.807) is 6.07 Å². The SMILES string of the molecule is CCc1c(CNC2CC2)oc2c(Cl)ccc(Cl)c12. The molecule has 1 aromatic carbocycles. The van der Waals surface area contributed by atoms with Gasteiger partial charge in [-0.3, -0.25) is 0 Å². The van der Waals surface area contributed by atoms with E-state index in [-0.39, 0.29) is 0 Å². The minimum absolute atomic E-state index is 0.627. The molecule has 1 heterocycles. The summed E-state index contributed by atoms with van der Waals surface area (Å²) >= 11 is 12.4. The Morgan fingerprint density at radius 3 is 2.67 bits per heavy atom. The third kappa shape index (κ3) is 2.13. The van der Waals surface area contributed by atoms with E-state index in [0.29, 0.717) is 21.7 Å². The monoisotopic (exact) mass is 283 g/mol. The molecular weight excluding hydrogens is 269 g/mol. The molecule has 0 radical (unpaired) electrons. The largest absolute Gasteiger partial charge is 0.458 e. The van der Waals surface area contributed by atoms with Gasteiger partial charge in [0, 0.05) is 17.0 Å². The summed E-state index contributed by atoms with van der Waals surface area (Å²) in [5.74, 6) is 0.967. The van der Waals surface area contributed by atoms with Gasteiger partial charge in [0.05, 0.1) is 16.6 Å². The van der Waals surface area contributed by atoms with Crippen LogP contribution in [0.1, 0.15) is 31.1 Å². The normalized spacial score (nSPS) is 15.5. The molecule has 1 aliphatic rings. The molecule has 2 aromatic rings. The number of benzene rings is 1. The Balaban J connectivity index is 2.06. The van der Waals surface area contributed by atoms with E-state index in [4.69, 9.17) is 27.6 Å². The van der Waals surface area contributed by atoms with Crippen LogP contribution in [-0.2, 0) is 13.0 Å². The third-order valence-corrected chi connectivity index (χ3v) is 4.02. The number of hydrogen-bond acceptors (Lipinski definition) is 2. The number of rotatable bonds is 4. The summed E-state index contributed by atoms with van der Waals surface area (Å²) < 4.78 is 5.90. The summed E-state index contributed by atoms with van der Waals surface area (Å²) in [6, 6.07) is 4.28. The van der Waals surface area contributed by atoms with Crippen LogP contribution < -0.4 is 5.32 Å². The maximum absolute atomic E-state index is 6.26. The minimum Gasteiger partial charge on any atom is -0.458 e. The van der Waals surface area contributed by atoms with Crippen LogP contribution in [0.25, 0.3) is 11.0 Å². The van der Waals surface area contributed by atoms with Gasteiger partial charge < -0.3 is 9.73 Å². The second kappa shape index (κ2) is 4.76. The molecule has 1 aromatic heterocycles. The zero-order chi connectivity index (χ0) is 12.7. The van der Waals surface area contributed by atoms with Gasteiger partial charge >= 0.3 is 0 Å². The van der Waals surface area contributed by atoms with Crippen molar-refractivity contribution >= 4 is 34.2 Å². The molecule has 0 spiro atoms. The first-order valence-corrected chi connectivity index (χ1v) is 7.08. The smallest absolute Gasteiger partial charge is 0.154 e. The van der Waals surface area contributed by atoms with E-state index in [1.807, 2.05) is 6.07 Å². The van der Waals surface area contributed by atoms with E-state index >= 15 is 0 Å². The first kappa shape index (κ1) is 12.3. The molecular formula is C14H15Cl2NO. The molecule has 2 nitrogen and oxygen atoms in total. The summed E-state index contributed by atoms with van der Waals surface area (Å²) in [5.41, 5.74) is 1.89. The molecule has 3 rings (SSSR count). The quantitative estimate of drug-likeness (QED) is 0.890. The first-order valence-electron chi connectivity index (χ1n) is 6.32. The molecule has 4 heteroatoms. The molecule has 0 bridgehead atoms. The molecule has 1 N–H and O–H groups in total. The highest BCUT2D eigenvalue weighted by atomic mass is 35.5. The van der Waals surface area contributed by atoms with Crippen LogP contribution in [0.15, 0.2) is 16.5 Å². The average molecular weight is 284 g/mol. The molecule has 0 saturated heterocycles. The van der Waals surface area contributed by atoms with Crippen LogP contribution in [-0.4, -0.2) is 6.04 Å². The molecule has 0 amide bonds. The summed E-state index contributed by atoms with van der Waals surface area (Å²) in [5, 5.41) is 5.78. The first-order chi connectivity index (χ1) is 8.70. The lowest BCUT2D eigenvalue weighted by molar-refractivity contribution is 0.507. The molecule has 1 fully saturated rings. The lowest BCUT2D eigenvalue weighted by Gasteiger charge is -2.02. The summed E-state index contributed by atoms with van der Waals surface area (Å²) in [4.78, 5) is 0. The fourth-order valence-electron chi connectivity index (χ4n) is 2.28. The van der Waals surface area contributed by atoms with Crippen molar-refractivity contribution in [1.82, 2.24) is 5.32 Å². The lowest BCUT2D eigenvalue weighted by atomic mass is 10.1. The average Bonchev–Trinajstić information content (AvgIpc) is 3.11. The lowest BCUT2D eigenvalue weighted by Crippen LogP contribution is -2.15. The molecule has 0 atom stereocenters. The van der Waals surface area contributed by atoms with E-state index in [2.05, 4.69) is 12.2 Å². The Morgan fingerprint density at radius 1 is 1.28 bits per heavy atom. The van der Waals surface area contributed by atoms with Gasteiger partial charge in [-0.25, -0.2) is 0 Å². The van der Waals surface area contributed by atoms with Crippen molar-refractivity contribution in [2.45, 2.75) is 38.8 Å². The van der Waals surface area contributed by atoms with Gasteiger partial charge in [-0.2, -0.15) is 0 Å². The van der Waals surface area contributed by atoms with Gasteiger partial charge in [0.2, 0.25) is 0 Å². The zero-order valence-corrected chi connectivity index (χ0v) is 11.7. The van der Waals surface area contributed by atoms with E-state index in [9.17, 15) is 0 Å². The second-order valence-electron chi connectivity index (χ2n) is 4.75. The van der Waals surface area contributed by atoms with Crippen LogP contribution in [0.3, 0.4) is 0 Å². The Labute approximate surface area is 116 Å².